The minimum atomic E-state index is 0.623. The van der Waals surface area contributed by atoms with E-state index in [4.69, 9.17) is 4.42 Å². The van der Waals surface area contributed by atoms with Gasteiger partial charge < -0.3 is 9.32 Å². The van der Waals surface area contributed by atoms with Crippen molar-refractivity contribution in [3.8, 4) is 11.5 Å². The number of aromatic nitrogens is 3. The van der Waals surface area contributed by atoms with Gasteiger partial charge in [0.05, 0.1) is 11.7 Å². The molecule has 4 rings (SSSR count). The molecule has 0 spiro atoms. The lowest BCUT2D eigenvalue weighted by Gasteiger charge is -2.34. The number of nitrogens with zero attached hydrogens (tertiary/aromatic N) is 4. The van der Waals surface area contributed by atoms with Gasteiger partial charge in [-0.3, -0.25) is 4.72 Å². The Morgan fingerprint density at radius 1 is 1.32 bits per heavy atom. The number of rotatable bonds is 5. The maximum absolute atomic E-state index is 5.44. The van der Waals surface area contributed by atoms with E-state index in [0.29, 0.717) is 11.8 Å². The first-order valence-corrected chi connectivity index (χ1v) is 9.73. The monoisotopic (exact) mass is 355 g/mol. The number of benzene rings is 1. The molecule has 7 heteroatoms. The summed E-state index contributed by atoms with van der Waals surface area (Å²) in [5.74, 6) is 2.27. The van der Waals surface area contributed by atoms with Crippen LogP contribution in [0.15, 0.2) is 41.4 Å². The fourth-order valence-corrected chi connectivity index (χ4v) is 3.82. The second-order valence-corrected chi connectivity index (χ2v) is 6.97. The van der Waals surface area contributed by atoms with Crippen LogP contribution in [0.3, 0.4) is 0 Å². The SMILES string of the molecule is CSNCC1CCCN(c2ncnc3ccc(-c4ncco4)cc23)C1. The van der Waals surface area contributed by atoms with E-state index >= 15 is 0 Å². The van der Waals surface area contributed by atoms with Crippen LogP contribution >= 0.6 is 11.9 Å². The fourth-order valence-electron chi connectivity index (χ4n) is 3.42. The van der Waals surface area contributed by atoms with Crippen molar-refractivity contribution >= 4 is 28.7 Å². The van der Waals surface area contributed by atoms with Gasteiger partial charge in [0, 0.05) is 30.6 Å². The van der Waals surface area contributed by atoms with Crippen LogP contribution in [0.25, 0.3) is 22.4 Å². The third-order valence-corrected chi connectivity index (χ3v) is 5.08. The van der Waals surface area contributed by atoms with Crippen molar-refractivity contribution in [2.45, 2.75) is 12.8 Å². The largest absolute Gasteiger partial charge is 0.445 e. The van der Waals surface area contributed by atoms with Crippen molar-refractivity contribution in [3.05, 3.63) is 37.0 Å². The average Bonchev–Trinajstić information content (AvgIpc) is 3.20. The van der Waals surface area contributed by atoms with Crippen LogP contribution in [0.4, 0.5) is 5.82 Å². The zero-order valence-electron chi connectivity index (χ0n) is 14.2. The Balaban J connectivity index is 1.67. The van der Waals surface area contributed by atoms with Gasteiger partial charge in [-0.05, 0) is 43.2 Å². The standard InChI is InChI=1S/C18H21N5OS/c1-25-22-10-13-3-2-7-23(11-13)17-15-9-14(18-19-6-8-24-18)4-5-16(15)20-12-21-17/h4-6,8-9,12-13,22H,2-3,7,10-11H2,1H3. The summed E-state index contributed by atoms with van der Waals surface area (Å²) in [5, 5.41) is 1.05. The van der Waals surface area contributed by atoms with Crippen molar-refractivity contribution in [2.75, 3.05) is 30.8 Å². The van der Waals surface area contributed by atoms with Gasteiger partial charge >= 0.3 is 0 Å². The third kappa shape index (κ3) is 3.48. The molecular weight excluding hydrogens is 334 g/mol. The summed E-state index contributed by atoms with van der Waals surface area (Å²) in [4.78, 5) is 15.7. The number of fused-ring (bicyclic) bond motifs is 1. The molecule has 25 heavy (non-hydrogen) atoms. The lowest BCUT2D eigenvalue weighted by atomic mass is 9.98. The molecule has 3 heterocycles. The van der Waals surface area contributed by atoms with Crippen LogP contribution in [0.2, 0.25) is 0 Å². The highest BCUT2D eigenvalue weighted by atomic mass is 32.2. The molecular formula is C18H21N5OS. The Hall–Kier alpha value is -2.12. The number of hydrogen-bond acceptors (Lipinski definition) is 7. The van der Waals surface area contributed by atoms with E-state index in [1.807, 2.05) is 12.1 Å². The zero-order valence-corrected chi connectivity index (χ0v) is 15.0. The van der Waals surface area contributed by atoms with Crippen molar-refractivity contribution in [2.24, 2.45) is 5.92 Å². The lowest BCUT2D eigenvalue weighted by molar-refractivity contribution is 0.415. The molecule has 1 atom stereocenters. The topological polar surface area (TPSA) is 67.1 Å². The van der Waals surface area contributed by atoms with E-state index in [2.05, 4.69) is 36.9 Å². The molecule has 2 aromatic heterocycles. The van der Waals surface area contributed by atoms with E-state index in [1.54, 1.807) is 30.7 Å². The maximum atomic E-state index is 5.44. The van der Waals surface area contributed by atoms with Crippen LogP contribution in [-0.4, -0.2) is 40.8 Å². The zero-order chi connectivity index (χ0) is 17.1. The van der Waals surface area contributed by atoms with Gasteiger partial charge in [-0.15, -0.1) is 0 Å². The first-order chi connectivity index (χ1) is 12.3. The number of nitrogens with one attached hydrogen (secondary N) is 1. The van der Waals surface area contributed by atoms with Gasteiger partial charge in [0.2, 0.25) is 5.89 Å². The lowest BCUT2D eigenvalue weighted by Crippen LogP contribution is -2.39. The Kier molecular flexibility index (Phi) is 4.85. The van der Waals surface area contributed by atoms with Gasteiger partial charge in [0.25, 0.3) is 0 Å². The summed E-state index contributed by atoms with van der Waals surface area (Å²) >= 11 is 1.68. The predicted octanol–water partition coefficient (Wildman–Crippen LogP) is 3.37. The van der Waals surface area contributed by atoms with E-state index < -0.39 is 0 Å². The van der Waals surface area contributed by atoms with Crippen LogP contribution in [-0.2, 0) is 0 Å². The van der Waals surface area contributed by atoms with E-state index in [0.717, 1.165) is 41.9 Å². The van der Waals surface area contributed by atoms with Crippen molar-refractivity contribution in [1.82, 2.24) is 19.7 Å². The minimum absolute atomic E-state index is 0.623. The Morgan fingerprint density at radius 3 is 3.12 bits per heavy atom. The number of oxazole rings is 1. The average molecular weight is 355 g/mol. The quantitative estimate of drug-likeness (QED) is 0.704. The molecule has 0 amide bonds. The predicted molar refractivity (Wildman–Crippen MR) is 101 cm³/mol. The Morgan fingerprint density at radius 2 is 2.28 bits per heavy atom. The molecule has 1 unspecified atom stereocenters. The molecule has 1 N–H and O–H groups in total. The Labute approximate surface area is 151 Å². The molecule has 1 aromatic carbocycles. The number of piperidine rings is 1. The molecule has 6 nitrogen and oxygen atoms in total. The molecule has 130 valence electrons. The normalized spacial score (nSPS) is 18.0. The molecule has 3 aromatic rings. The van der Waals surface area contributed by atoms with Crippen LogP contribution in [0.5, 0.6) is 0 Å². The highest BCUT2D eigenvalue weighted by Crippen LogP contribution is 2.30. The molecule has 0 saturated carbocycles. The first-order valence-electron chi connectivity index (χ1n) is 8.50. The fraction of sp³-hybridized carbons (Fsp3) is 0.389. The van der Waals surface area contributed by atoms with Gasteiger partial charge in [-0.1, -0.05) is 11.9 Å². The van der Waals surface area contributed by atoms with E-state index in [1.165, 1.54) is 12.8 Å². The second kappa shape index (κ2) is 7.41. The van der Waals surface area contributed by atoms with Gasteiger partial charge in [-0.25, -0.2) is 15.0 Å². The molecule has 1 saturated heterocycles. The summed E-state index contributed by atoms with van der Waals surface area (Å²) in [5.41, 5.74) is 1.90. The van der Waals surface area contributed by atoms with Gasteiger partial charge in [-0.2, -0.15) is 0 Å². The molecule has 1 aliphatic rings. The molecule has 0 bridgehead atoms. The highest BCUT2D eigenvalue weighted by molar-refractivity contribution is 7.96. The van der Waals surface area contributed by atoms with Crippen LogP contribution < -0.4 is 9.62 Å². The molecule has 1 aliphatic heterocycles. The highest BCUT2D eigenvalue weighted by Gasteiger charge is 2.22. The first kappa shape index (κ1) is 16.4. The summed E-state index contributed by atoms with van der Waals surface area (Å²) in [6, 6.07) is 6.09. The van der Waals surface area contributed by atoms with Crippen molar-refractivity contribution in [1.29, 1.82) is 0 Å². The third-order valence-electron chi connectivity index (χ3n) is 4.63. The van der Waals surface area contributed by atoms with E-state index in [9.17, 15) is 0 Å². The van der Waals surface area contributed by atoms with E-state index in [-0.39, 0.29) is 0 Å². The maximum Gasteiger partial charge on any atom is 0.225 e. The van der Waals surface area contributed by atoms with Crippen molar-refractivity contribution < 1.29 is 4.42 Å². The smallest absolute Gasteiger partial charge is 0.225 e. The second-order valence-electron chi connectivity index (χ2n) is 6.27. The summed E-state index contributed by atoms with van der Waals surface area (Å²) in [6.07, 6.45) is 9.43. The molecule has 0 aliphatic carbocycles. The summed E-state index contributed by atoms with van der Waals surface area (Å²) < 4.78 is 8.83. The van der Waals surface area contributed by atoms with Gasteiger partial charge in [0.15, 0.2) is 0 Å². The number of hydrogen-bond donors (Lipinski definition) is 1. The van der Waals surface area contributed by atoms with Crippen molar-refractivity contribution in [3.63, 3.8) is 0 Å². The van der Waals surface area contributed by atoms with Crippen LogP contribution in [0, 0.1) is 5.92 Å². The summed E-state index contributed by atoms with van der Waals surface area (Å²) in [7, 11) is 0. The molecule has 0 radical (unpaired) electrons. The van der Waals surface area contributed by atoms with Crippen LogP contribution in [0.1, 0.15) is 12.8 Å². The summed E-state index contributed by atoms with van der Waals surface area (Å²) in [6.45, 7) is 3.08. The minimum Gasteiger partial charge on any atom is -0.445 e. The number of anilines is 1. The molecule has 1 fully saturated rings. The van der Waals surface area contributed by atoms with Gasteiger partial charge in [0.1, 0.15) is 18.4 Å². The Bertz CT molecular complexity index is 839.